The zero-order chi connectivity index (χ0) is 15.3. The van der Waals surface area contributed by atoms with E-state index in [4.69, 9.17) is 5.73 Å². The van der Waals surface area contributed by atoms with Gasteiger partial charge in [0.1, 0.15) is 4.90 Å². The average molecular weight is 304 g/mol. The number of anilines is 1. The molecule has 0 saturated carbocycles. The SMILES string of the molecule is Cc1ccc(S(=O)(=O)NCCCc2ccccc2)c(N)c1. The van der Waals surface area contributed by atoms with Crippen LogP contribution in [0.1, 0.15) is 17.5 Å². The molecule has 2 rings (SSSR count). The van der Waals surface area contributed by atoms with E-state index in [0.717, 1.165) is 18.4 Å². The second-order valence-electron chi connectivity index (χ2n) is 5.03. The summed E-state index contributed by atoms with van der Waals surface area (Å²) in [5.74, 6) is 0. The Morgan fingerprint density at radius 3 is 2.48 bits per heavy atom. The number of nitrogens with one attached hydrogen (secondary N) is 1. The third-order valence-corrected chi connectivity index (χ3v) is 4.77. The normalized spacial score (nSPS) is 11.5. The number of aryl methyl sites for hydroxylation is 2. The fourth-order valence-corrected chi connectivity index (χ4v) is 3.32. The Bertz CT molecular complexity index is 697. The smallest absolute Gasteiger partial charge is 0.242 e. The maximum Gasteiger partial charge on any atom is 0.242 e. The molecule has 112 valence electrons. The van der Waals surface area contributed by atoms with Crippen molar-refractivity contribution < 1.29 is 8.42 Å². The molecule has 0 aliphatic heterocycles. The first-order chi connectivity index (χ1) is 9.99. The summed E-state index contributed by atoms with van der Waals surface area (Å²) in [5.41, 5.74) is 8.21. The molecule has 2 aromatic rings. The van der Waals surface area contributed by atoms with Gasteiger partial charge in [0, 0.05) is 6.54 Å². The van der Waals surface area contributed by atoms with E-state index in [2.05, 4.69) is 4.72 Å². The Labute approximate surface area is 126 Å². The zero-order valence-electron chi connectivity index (χ0n) is 12.0. The van der Waals surface area contributed by atoms with Gasteiger partial charge in [-0.05, 0) is 43.0 Å². The van der Waals surface area contributed by atoms with Crippen LogP contribution in [0.2, 0.25) is 0 Å². The third-order valence-electron chi connectivity index (χ3n) is 3.23. The first kappa shape index (κ1) is 15.5. The Kier molecular flexibility index (Phi) is 4.98. The summed E-state index contributed by atoms with van der Waals surface area (Å²) in [5, 5.41) is 0. The molecule has 0 spiro atoms. The largest absolute Gasteiger partial charge is 0.398 e. The lowest BCUT2D eigenvalue weighted by molar-refractivity contribution is 0.579. The van der Waals surface area contributed by atoms with E-state index >= 15 is 0 Å². The molecular weight excluding hydrogens is 284 g/mol. The van der Waals surface area contributed by atoms with Gasteiger partial charge in [-0.3, -0.25) is 0 Å². The van der Waals surface area contributed by atoms with E-state index < -0.39 is 10.0 Å². The maximum atomic E-state index is 12.2. The molecule has 0 radical (unpaired) electrons. The molecule has 3 N–H and O–H groups in total. The lowest BCUT2D eigenvalue weighted by Gasteiger charge is -2.09. The summed E-state index contributed by atoms with van der Waals surface area (Å²) in [6, 6.07) is 14.9. The minimum absolute atomic E-state index is 0.146. The number of rotatable bonds is 6. The van der Waals surface area contributed by atoms with Gasteiger partial charge in [-0.25, -0.2) is 13.1 Å². The van der Waals surface area contributed by atoms with Gasteiger partial charge in [-0.1, -0.05) is 36.4 Å². The van der Waals surface area contributed by atoms with Gasteiger partial charge in [0.25, 0.3) is 0 Å². The quantitative estimate of drug-likeness (QED) is 0.636. The number of hydrogen-bond donors (Lipinski definition) is 2. The highest BCUT2D eigenvalue weighted by Gasteiger charge is 2.16. The number of hydrogen-bond acceptors (Lipinski definition) is 3. The van der Waals surface area contributed by atoms with Crippen LogP contribution in [0.15, 0.2) is 53.4 Å². The number of benzene rings is 2. The predicted molar refractivity (Wildman–Crippen MR) is 85.5 cm³/mol. The molecule has 0 aliphatic rings. The molecule has 4 nitrogen and oxygen atoms in total. The fraction of sp³-hybridized carbons (Fsp3) is 0.250. The van der Waals surface area contributed by atoms with Crippen molar-refractivity contribution in [3.05, 3.63) is 59.7 Å². The van der Waals surface area contributed by atoms with Crippen molar-refractivity contribution in [3.8, 4) is 0 Å². The lowest BCUT2D eigenvalue weighted by atomic mass is 10.1. The molecule has 0 unspecified atom stereocenters. The Hall–Kier alpha value is -1.85. The van der Waals surface area contributed by atoms with Gasteiger partial charge < -0.3 is 5.73 Å². The average Bonchev–Trinajstić information content (AvgIpc) is 2.44. The number of nitrogens with two attached hydrogens (primary N) is 1. The van der Waals surface area contributed by atoms with E-state index in [1.807, 2.05) is 37.3 Å². The van der Waals surface area contributed by atoms with Gasteiger partial charge >= 0.3 is 0 Å². The summed E-state index contributed by atoms with van der Waals surface area (Å²) in [4.78, 5) is 0.146. The van der Waals surface area contributed by atoms with Crippen LogP contribution in [0.25, 0.3) is 0 Å². The Morgan fingerprint density at radius 2 is 1.81 bits per heavy atom. The predicted octanol–water partition coefficient (Wildman–Crippen LogP) is 2.49. The second kappa shape index (κ2) is 6.74. The van der Waals surface area contributed by atoms with Crippen molar-refractivity contribution in [2.24, 2.45) is 0 Å². The maximum absolute atomic E-state index is 12.2. The Balaban J connectivity index is 1.92. The molecule has 0 atom stereocenters. The minimum Gasteiger partial charge on any atom is -0.398 e. The van der Waals surface area contributed by atoms with E-state index in [1.165, 1.54) is 5.56 Å². The molecule has 5 heteroatoms. The lowest BCUT2D eigenvalue weighted by Crippen LogP contribution is -2.26. The molecule has 0 aromatic heterocycles. The van der Waals surface area contributed by atoms with Crippen LogP contribution in [0, 0.1) is 6.92 Å². The highest BCUT2D eigenvalue weighted by Crippen LogP contribution is 2.19. The summed E-state index contributed by atoms with van der Waals surface area (Å²) in [7, 11) is -3.54. The van der Waals surface area contributed by atoms with Gasteiger partial charge in [0.15, 0.2) is 0 Å². The van der Waals surface area contributed by atoms with Crippen molar-refractivity contribution in [1.29, 1.82) is 0 Å². The highest BCUT2D eigenvalue weighted by atomic mass is 32.2. The highest BCUT2D eigenvalue weighted by molar-refractivity contribution is 7.89. The van der Waals surface area contributed by atoms with E-state index in [-0.39, 0.29) is 10.6 Å². The van der Waals surface area contributed by atoms with Crippen molar-refractivity contribution in [3.63, 3.8) is 0 Å². The molecule has 0 bridgehead atoms. The molecule has 0 amide bonds. The monoisotopic (exact) mass is 304 g/mol. The molecule has 0 fully saturated rings. The topological polar surface area (TPSA) is 72.2 Å². The number of sulfonamides is 1. The minimum atomic E-state index is -3.54. The van der Waals surface area contributed by atoms with Gasteiger partial charge in [-0.2, -0.15) is 0 Å². The van der Waals surface area contributed by atoms with Gasteiger partial charge in [0.2, 0.25) is 10.0 Å². The van der Waals surface area contributed by atoms with Crippen molar-refractivity contribution >= 4 is 15.7 Å². The zero-order valence-corrected chi connectivity index (χ0v) is 12.9. The van der Waals surface area contributed by atoms with Gasteiger partial charge in [0.05, 0.1) is 5.69 Å². The summed E-state index contributed by atoms with van der Waals surface area (Å²) < 4.78 is 27.0. The first-order valence-corrected chi connectivity index (χ1v) is 8.37. The number of nitrogen functional groups attached to an aromatic ring is 1. The van der Waals surface area contributed by atoms with Crippen LogP contribution in [-0.4, -0.2) is 15.0 Å². The first-order valence-electron chi connectivity index (χ1n) is 6.89. The Morgan fingerprint density at radius 1 is 1.10 bits per heavy atom. The van der Waals surface area contributed by atoms with Crippen molar-refractivity contribution in [2.75, 3.05) is 12.3 Å². The van der Waals surface area contributed by atoms with E-state index in [1.54, 1.807) is 18.2 Å². The summed E-state index contributed by atoms with van der Waals surface area (Å²) in [6.45, 7) is 2.27. The second-order valence-corrected chi connectivity index (χ2v) is 6.76. The van der Waals surface area contributed by atoms with Crippen LogP contribution < -0.4 is 10.5 Å². The van der Waals surface area contributed by atoms with Crippen LogP contribution >= 0.6 is 0 Å². The molecule has 2 aromatic carbocycles. The summed E-state index contributed by atoms with van der Waals surface area (Å²) >= 11 is 0. The van der Waals surface area contributed by atoms with Crippen LogP contribution in [0.3, 0.4) is 0 Å². The van der Waals surface area contributed by atoms with Crippen LogP contribution in [-0.2, 0) is 16.4 Å². The fourth-order valence-electron chi connectivity index (χ4n) is 2.13. The van der Waals surface area contributed by atoms with Crippen LogP contribution in [0.5, 0.6) is 0 Å². The van der Waals surface area contributed by atoms with E-state index in [0.29, 0.717) is 6.54 Å². The molecular formula is C16H20N2O2S. The van der Waals surface area contributed by atoms with Crippen LogP contribution in [0.4, 0.5) is 5.69 Å². The molecule has 0 saturated heterocycles. The van der Waals surface area contributed by atoms with Gasteiger partial charge in [-0.15, -0.1) is 0 Å². The van der Waals surface area contributed by atoms with Crippen molar-refractivity contribution in [1.82, 2.24) is 4.72 Å². The van der Waals surface area contributed by atoms with E-state index in [9.17, 15) is 8.42 Å². The van der Waals surface area contributed by atoms with Crippen molar-refractivity contribution in [2.45, 2.75) is 24.7 Å². The molecule has 21 heavy (non-hydrogen) atoms. The third kappa shape index (κ3) is 4.31. The summed E-state index contributed by atoms with van der Waals surface area (Å²) in [6.07, 6.45) is 1.59. The molecule has 0 heterocycles. The standard InChI is InChI=1S/C16H20N2O2S/c1-13-9-10-16(15(17)12-13)21(19,20)18-11-5-8-14-6-3-2-4-7-14/h2-4,6-7,9-10,12,18H,5,8,11,17H2,1H3. The molecule has 0 aliphatic carbocycles.